The SMILES string of the molecule is Cc1cccc(C(=O)OCC(=O)N2CCN(C(=O)Nc3ccccc3)CC2)c1C. The molecule has 3 rings (SSSR count). The number of aryl methyl sites for hydroxylation is 1. The van der Waals surface area contributed by atoms with Gasteiger partial charge in [-0.3, -0.25) is 4.79 Å². The number of hydrogen-bond donors (Lipinski definition) is 1. The van der Waals surface area contributed by atoms with Crippen LogP contribution >= 0.6 is 0 Å². The lowest BCUT2D eigenvalue weighted by Gasteiger charge is -2.34. The highest BCUT2D eigenvalue weighted by atomic mass is 16.5. The molecule has 1 saturated heterocycles. The number of nitrogens with zero attached hydrogens (tertiary/aromatic N) is 2. The number of para-hydroxylation sites is 1. The van der Waals surface area contributed by atoms with Crippen LogP contribution in [0.4, 0.5) is 10.5 Å². The lowest BCUT2D eigenvalue weighted by molar-refractivity contribution is -0.135. The summed E-state index contributed by atoms with van der Waals surface area (Å²) in [6.07, 6.45) is 0. The molecule has 2 aromatic rings. The van der Waals surface area contributed by atoms with Crippen molar-refractivity contribution >= 4 is 23.6 Å². The molecule has 1 heterocycles. The fraction of sp³-hybridized carbons (Fsp3) is 0.318. The summed E-state index contributed by atoms with van der Waals surface area (Å²) in [4.78, 5) is 40.2. The van der Waals surface area contributed by atoms with Crippen LogP contribution < -0.4 is 5.32 Å². The summed E-state index contributed by atoms with van der Waals surface area (Å²) in [6, 6.07) is 14.4. The van der Waals surface area contributed by atoms with Gasteiger partial charge in [0, 0.05) is 31.9 Å². The van der Waals surface area contributed by atoms with Gasteiger partial charge in [-0.15, -0.1) is 0 Å². The molecular formula is C22H25N3O4. The summed E-state index contributed by atoms with van der Waals surface area (Å²) in [5.74, 6) is -0.757. The molecule has 0 saturated carbocycles. The van der Waals surface area contributed by atoms with Crippen molar-refractivity contribution in [2.45, 2.75) is 13.8 Å². The maximum absolute atomic E-state index is 12.4. The number of nitrogens with one attached hydrogen (secondary N) is 1. The van der Waals surface area contributed by atoms with E-state index in [-0.39, 0.29) is 18.5 Å². The average Bonchev–Trinajstić information content (AvgIpc) is 2.74. The largest absolute Gasteiger partial charge is 0.452 e. The summed E-state index contributed by atoms with van der Waals surface area (Å²) in [5, 5.41) is 2.84. The van der Waals surface area contributed by atoms with Crippen LogP contribution in [0.3, 0.4) is 0 Å². The summed E-state index contributed by atoms with van der Waals surface area (Å²) < 4.78 is 5.21. The predicted molar refractivity (Wildman–Crippen MR) is 110 cm³/mol. The quantitative estimate of drug-likeness (QED) is 0.808. The van der Waals surface area contributed by atoms with E-state index in [1.807, 2.05) is 50.2 Å². The van der Waals surface area contributed by atoms with Gasteiger partial charge >= 0.3 is 12.0 Å². The maximum atomic E-state index is 12.4. The Morgan fingerprint density at radius 1 is 0.897 bits per heavy atom. The van der Waals surface area contributed by atoms with E-state index in [9.17, 15) is 14.4 Å². The minimum absolute atomic E-state index is 0.190. The first-order valence-corrected chi connectivity index (χ1v) is 9.58. The van der Waals surface area contributed by atoms with Crippen LogP contribution in [0, 0.1) is 13.8 Å². The van der Waals surface area contributed by atoms with Gasteiger partial charge in [0.1, 0.15) is 0 Å². The van der Waals surface area contributed by atoms with Crippen molar-refractivity contribution in [3.63, 3.8) is 0 Å². The average molecular weight is 395 g/mol. The maximum Gasteiger partial charge on any atom is 0.338 e. The molecule has 0 bridgehead atoms. The second kappa shape index (κ2) is 9.23. The smallest absolute Gasteiger partial charge is 0.338 e. The fourth-order valence-corrected chi connectivity index (χ4v) is 3.15. The van der Waals surface area contributed by atoms with Crippen molar-refractivity contribution in [2.75, 3.05) is 38.1 Å². The van der Waals surface area contributed by atoms with E-state index in [2.05, 4.69) is 5.32 Å². The monoisotopic (exact) mass is 395 g/mol. The molecule has 0 radical (unpaired) electrons. The molecule has 1 aliphatic heterocycles. The van der Waals surface area contributed by atoms with E-state index >= 15 is 0 Å². The Morgan fingerprint density at radius 3 is 2.24 bits per heavy atom. The van der Waals surface area contributed by atoms with E-state index in [0.717, 1.165) is 16.8 Å². The standard InChI is InChI=1S/C22H25N3O4/c1-16-7-6-10-19(17(16)2)21(27)29-15-20(26)24-11-13-25(14-12-24)22(28)23-18-8-4-3-5-9-18/h3-10H,11-15H2,1-2H3,(H,23,28). The van der Waals surface area contributed by atoms with E-state index in [1.165, 1.54) is 0 Å². The summed E-state index contributed by atoms with van der Waals surface area (Å²) >= 11 is 0. The number of benzene rings is 2. The third kappa shape index (κ3) is 5.13. The van der Waals surface area contributed by atoms with Gasteiger partial charge in [0.15, 0.2) is 6.61 Å². The topological polar surface area (TPSA) is 79.0 Å². The van der Waals surface area contributed by atoms with Crippen LogP contribution in [-0.2, 0) is 9.53 Å². The minimum Gasteiger partial charge on any atom is -0.452 e. The number of hydrogen-bond acceptors (Lipinski definition) is 4. The highest BCUT2D eigenvalue weighted by Crippen LogP contribution is 2.14. The zero-order chi connectivity index (χ0) is 20.8. The number of anilines is 1. The van der Waals surface area contributed by atoms with Gasteiger partial charge in [-0.2, -0.15) is 0 Å². The van der Waals surface area contributed by atoms with Gasteiger partial charge in [-0.25, -0.2) is 9.59 Å². The van der Waals surface area contributed by atoms with Gasteiger partial charge in [0.05, 0.1) is 5.56 Å². The second-order valence-corrected chi connectivity index (χ2v) is 6.99. The van der Waals surface area contributed by atoms with Crippen LogP contribution in [0.25, 0.3) is 0 Å². The zero-order valence-electron chi connectivity index (χ0n) is 16.7. The van der Waals surface area contributed by atoms with Gasteiger partial charge in [0.2, 0.25) is 0 Å². The van der Waals surface area contributed by atoms with Crippen molar-refractivity contribution in [2.24, 2.45) is 0 Å². The normalized spacial score (nSPS) is 13.7. The molecule has 3 amide bonds. The van der Waals surface area contributed by atoms with Crippen molar-refractivity contribution in [1.29, 1.82) is 0 Å². The Balaban J connectivity index is 1.45. The molecule has 0 unspecified atom stereocenters. The van der Waals surface area contributed by atoms with Crippen molar-refractivity contribution in [3.8, 4) is 0 Å². The molecule has 29 heavy (non-hydrogen) atoms. The molecule has 0 spiro atoms. The van der Waals surface area contributed by atoms with Gasteiger partial charge in [0.25, 0.3) is 5.91 Å². The second-order valence-electron chi connectivity index (χ2n) is 6.99. The number of ether oxygens (including phenoxy) is 1. The van der Waals surface area contributed by atoms with Crippen molar-refractivity contribution in [3.05, 3.63) is 65.2 Å². The number of piperazine rings is 1. The number of amides is 3. The van der Waals surface area contributed by atoms with E-state index in [4.69, 9.17) is 4.74 Å². The lowest BCUT2D eigenvalue weighted by atomic mass is 10.0. The summed E-state index contributed by atoms with van der Waals surface area (Å²) in [7, 11) is 0. The van der Waals surface area contributed by atoms with E-state index < -0.39 is 5.97 Å². The van der Waals surface area contributed by atoms with Gasteiger partial charge < -0.3 is 19.9 Å². The number of urea groups is 1. The predicted octanol–water partition coefficient (Wildman–Crippen LogP) is 2.84. The van der Waals surface area contributed by atoms with Crippen molar-refractivity contribution < 1.29 is 19.1 Å². The molecule has 0 atom stereocenters. The van der Waals surface area contributed by atoms with Crippen LogP contribution in [0.1, 0.15) is 21.5 Å². The van der Waals surface area contributed by atoms with Crippen LogP contribution in [-0.4, -0.2) is 60.5 Å². The molecule has 0 aromatic heterocycles. The Morgan fingerprint density at radius 2 is 1.55 bits per heavy atom. The van der Waals surface area contributed by atoms with Crippen molar-refractivity contribution in [1.82, 2.24) is 9.80 Å². The fourth-order valence-electron chi connectivity index (χ4n) is 3.15. The third-order valence-electron chi connectivity index (χ3n) is 5.10. The number of rotatable bonds is 4. The van der Waals surface area contributed by atoms with Crippen LogP contribution in [0.15, 0.2) is 48.5 Å². The lowest BCUT2D eigenvalue weighted by Crippen LogP contribution is -2.52. The molecular weight excluding hydrogens is 370 g/mol. The highest BCUT2D eigenvalue weighted by Gasteiger charge is 2.25. The Hall–Kier alpha value is -3.35. The first-order chi connectivity index (χ1) is 14.0. The van der Waals surface area contributed by atoms with E-state index in [0.29, 0.717) is 31.7 Å². The van der Waals surface area contributed by atoms with Gasteiger partial charge in [-0.1, -0.05) is 30.3 Å². The molecule has 7 heteroatoms. The van der Waals surface area contributed by atoms with Crippen LogP contribution in [0.5, 0.6) is 0 Å². The minimum atomic E-state index is -0.500. The third-order valence-corrected chi connectivity index (χ3v) is 5.10. The van der Waals surface area contributed by atoms with E-state index in [1.54, 1.807) is 21.9 Å². The molecule has 152 valence electrons. The zero-order valence-corrected chi connectivity index (χ0v) is 16.7. The first-order valence-electron chi connectivity index (χ1n) is 9.58. The highest BCUT2D eigenvalue weighted by molar-refractivity contribution is 5.93. The number of carbonyl (C=O) groups is 3. The Labute approximate surface area is 170 Å². The molecule has 7 nitrogen and oxygen atoms in total. The molecule has 1 N–H and O–H groups in total. The Kier molecular flexibility index (Phi) is 6.49. The summed E-state index contributed by atoms with van der Waals surface area (Å²) in [5.41, 5.74) is 3.05. The van der Waals surface area contributed by atoms with Gasteiger partial charge in [-0.05, 0) is 43.2 Å². The van der Waals surface area contributed by atoms with Crippen LogP contribution in [0.2, 0.25) is 0 Å². The molecule has 1 fully saturated rings. The number of carbonyl (C=O) groups excluding carboxylic acids is 3. The summed E-state index contributed by atoms with van der Waals surface area (Å²) in [6.45, 7) is 5.13. The molecule has 0 aliphatic carbocycles. The first kappa shape index (κ1) is 20.4. The Bertz CT molecular complexity index is 890. The molecule has 2 aromatic carbocycles. The molecule has 1 aliphatic rings. The number of esters is 1.